The molecule has 9 nitrogen and oxygen atoms in total. The van der Waals surface area contributed by atoms with Crippen LogP contribution in [-0.4, -0.2) is 28.9 Å². The van der Waals surface area contributed by atoms with E-state index in [1.807, 2.05) is 25.5 Å². The van der Waals surface area contributed by atoms with E-state index in [2.05, 4.69) is 27.3 Å². The topological polar surface area (TPSA) is 103 Å². The van der Waals surface area contributed by atoms with Crippen LogP contribution in [0.25, 0.3) is 11.2 Å². The molecule has 2 N–H and O–H groups in total. The first-order valence-electron chi connectivity index (χ1n) is 8.22. The second-order valence-corrected chi connectivity index (χ2v) is 6.25. The molecule has 0 aromatic carbocycles. The maximum atomic E-state index is 12.1. The lowest BCUT2D eigenvalue weighted by Gasteiger charge is -2.15. The molecule has 0 bridgehead atoms. The van der Waals surface area contributed by atoms with Crippen LogP contribution in [0.15, 0.2) is 9.59 Å². The van der Waals surface area contributed by atoms with Gasteiger partial charge >= 0.3 is 5.69 Å². The van der Waals surface area contributed by atoms with Crippen molar-refractivity contribution in [2.24, 2.45) is 14.1 Å². The molecule has 3 aromatic heterocycles. The number of anilines is 1. The van der Waals surface area contributed by atoms with Gasteiger partial charge in [-0.1, -0.05) is 0 Å². The fourth-order valence-corrected chi connectivity index (χ4v) is 3.35. The number of hydrogen-bond donors (Lipinski definition) is 2. The van der Waals surface area contributed by atoms with E-state index in [1.54, 1.807) is 18.7 Å². The molecule has 3 aromatic rings. The molecule has 0 saturated carbocycles. The van der Waals surface area contributed by atoms with Crippen molar-refractivity contribution in [2.45, 2.75) is 40.3 Å². The number of nitrogens with one attached hydrogen (secondary N) is 2. The van der Waals surface area contributed by atoms with Gasteiger partial charge in [0, 0.05) is 31.9 Å². The predicted molar refractivity (Wildman–Crippen MR) is 96.0 cm³/mol. The van der Waals surface area contributed by atoms with Gasteiger partial charge in [0.25, 0.3) is 5.56 Å². The van der Waals surface area contributed by atoms with Crippen molar-refractivity contribution < 1.29 is 0 Å². The van der Waals surface area contributed by atoms with Gasteiger partial charge in [-0.25, -0.2) is 4.79 Å². The van der Waals surface area contributed by atoms with E-state index >= 15 is 0 Å². The van der Waals surface area contributed by atoms with Crippen LogP contribution < -0.4 is 16.6 Å². The van der Waals surface area contributed by atoms with E-state index < -0.39 is 11.2 Å². The van der Waals surface area contributed by atoms with Crippen LogP contribution in [0.5, 0.6) is 0 Å². The van der Waals surface area contributed by atoms with Gasteiger partial charge in [0.1, 0.15) is 0 Å². The van der Waals surface area contributed by atoms with E-state index in [9.17, 15) is 9.59 Å². The van der Waals surface area contributed by atoms with Gasteiger partial charge in [-0.05, 0) is 27.7 Å². The Morgan fingerprint density at radius 2 is 1.88 bits per heavy atom. The Morgan fingerprint density at radius 1 is 1.20 bits per heavy atom. The van der Waals surface area contributed by atoms with Crippen molar-refractivity contribution in [1.82, 2.24) is 28.9 Å². The smallest absolute Gasteiger partial charge is 0.329 e. The maximum absolute atomic E-state index is 12.1. The number of fused-ring (bicyclic) bond motifs is 1. The van der Waals surface area contributed by atoms with Crippen LogP contribution in [0.4, 0.5) is 5.95 Å². The Bertz CT molecular complexity index is 1070. The standard InChI is InChI=1S/C16H23N7O2/c1-7-23-10(4)11(9(3)20-23)8(2)17-15-18-13-12(21(15)5)14(24)19-16(25)22(13)6/h8H,7H2,1-6H3,(H,17,18)(H,19,24,25). The van der Waals surface area contributed by atoms with Crippen molar-refractivity contribution >= 4 is 17.1 Å². The molecule has 134 valence electrons. The number of aromatic amines is 1. The van der Waals surface area contributed by atoms with Crippen LogP contribution in [-0.2, 0) is 20.6 Å². The van der Waals surface area contributed by atoms with Crippen LogP contribution in [0, 0.1) is 13.8 Å². The van der Waals surface area contributed by atoms with Gasteiger partial charge in [0.15, 0.2) is 11.2 Å². The highest BCUT2D eigenvalue weighted by Gasteiger charge is 2.20. The number of imidazole rings is 1. The Labute approximate surface area is 144 Å². The van der Waals surface area contributed by atoms with Crippen molar-refractivity contribution in [3.63, 3.8) is 0 Å². The monoisotopic (exact) mass is 345 g/mol. The zero-order valence-electron chi connectivity index (χ0n) is 15.3. The largest absolute Gasteiger partial charge is 0.349 e. The quantitative estimate of drug-likeness (QED) is 0.733. The minimum absolute atomic E-state index is 0.0491. The summed E-state index contributed by atoms with van der Waals surface area (Å²) in [4.78, 5) is 30.6. The highest BCUT2D eigenvalue weighted by Crippen LogP contribution is 2.25. The molecule has 3 rings (SSSR count). The average molecular weight is 345 g/mol. The van der Waals surface area contributed by atoms with Crippen LogP contribution in [0.2, 0.25) is 0 Å². The predicted octanol–water partition coefficient (Wildman–Crippen LogP) is 0.967. The Hall–Kier alpha value is -2.84. The number of nitrogens with zero attached hydrogens (tertiary/aromatic N) is 5. The summed E-state index contributed by atoms with van der Waals surface area (Å²) in [5, 5.41) is 7.88. The molecule has 25 heavy (non-hydrogen) atoms. The molecule has 0 amide bonds. The fourth-order valence-electron chi connectivity index (χ4n) is 3.35. The van der Waals surface area contributed by atoms with Crippen molar-refractivity contribution in [1.29, 1.82) is 0 Å². The second-order valence-electron chi connectivity index (χ2n) is 6.25. The second kappa shape index (κ2) is 5.91. The van der Waals surface area contributed by atoms with Gasteiger partial charge in [-0.2, -0.15) is 10.1 Å². The number of aryl methyl sites for hydroxylation is 4. The van der Waals surface area contributed by atoms with Gasteiger partial charge in [-0.15, -0.1) is 0 Å². The van der Waals surface area contributed by atoms with Gasteiger partial charge in [0.05, 0.1) is 11.7 Å². The Morgan fingerprint density at radius 3 is 2.48 bits per heavy atom. The van der Waals surface area contributed by atoms with Crippen molar-refractivity contribution in [2.75, 3.05) is 5.32 Å². The lowest BCUT2D eigenvalue weighted by molar-refractivity contribution is 0.632. The molecule has 0 radical (unpaired) electrons. The molecular weight excluding hydrogens is 322 g/mol. The van der Waals surface area contributed by atoms with E-state index in [4.69, 9.17) is 0 Å². The summed E-state index contributed by atoms with van der Waals surface area (Å²) in [7, 11) is 3.33. The molecule has 9 heteroatoms. The minimum Gasteiger partial charge on any atom is -0.349 e. The molecule has 0 aliphatic carbocycles. The molecule has 3 heterocycles. The third kappa shape index (κ3) is 2.55. The summed E-state index contributed by atoms with van der Waals surface area (Å²) in [6.45, 7) is 8.92. The van der Waals surface area contributed by atoms with Crippen molar-refractivity contribution in [3.8, 4) is 0 Å². The molecule has 0 saturated heterocycles. The summed E-state index contributed by atoms with van der Waals surface area (Å²) >= 11 is 0. The Balaban J connectivity index is 2.07. The first-order chi connectivity index (χ1) is 11.8. The highest BCUT2D eigenvalue weighted by atomic mass is 16.2. The van der Waals surface area contributed by atoms with E-state index in [0.29, 0.717) is 17.1 Å². The van der Waals surface area contributed by atoms with Crippen LogP contribution >= 0.6 is 0 Å². The van der Waals surface area contributed by atoms with Crippen LogP contribution in [0.3, 0.4) is 0 Å². The number of aromatic nitrogens is 6. The summed E-state index contributed by atoms with van der Waals surface area (Å²) in [6.07, 6.45) is 0. The lowest BCUT2D eigenvalue weighted by atomic mass is 10.1. The van der Waals surface area contributed by atoms with E-state index in [-0.39, 0.29) is 6.04 Å². The molecule has 1 atom stereocenters. The summed E-state index contributed by atoms with van der Waals surface area (Å²) in [5.74, 6) is 0.525. The minimum atomic E-state index is -0.480. The molecule has 0 aliphatic rings. The first kappa shape index (κ1) is 17.0. The normalized spacial score (nSPS) is 12.7. The Kier molecular flexibility index (Phi) is 4.02. The highest BCUT2D eigenvalue weighted by molar-refractivity contribution is 5.74. The number of hydrogen-bond acceptors (Lipinski definition) is 5. The maximum Gasteiger partial charge on any atom is 0.329 e. The first-order valence-corrected chi connectivity index (χ1v) is 8.22. The fraction of sp³-hybridized carbons (Fsp3) is 0.500. The SMILES string of the molecule is CCn1nc(C)c(C(C)Nc2nc3c(c(=O)[nH]c(=O)n3C)n2C)c1C. The zero-order valence-corrected chi connectivity index (χ0v) is 15.3. The third-order valence-electron chi connectivity index (χ3n) is 4.65. The van der Waals surface area contributed by atoms with Crippen LogP contribution in [0.1, 0.15) is 36.8 Å². The summed E-state index contributed by atoms with van der Waals surface area (Å²) in [6, 6.07) is -0.0491. The number of rotatable bonds is 4. The molecule has 0 aliphatic heterocycles. The van der Waals surface area contributed by atoms with Gasteiger partial charge < -0.3 is 9.88 Å². The van der Waals surface area contributed by atoms with Crippen molar-refractivity contribution in [3.05, 3.63) is 37.8 Å². The van der Waals surface area contributed by atoms with Gasteiger partial charge in [0.2, 0.25) is 5.95 Å². The van der Waals surface area contributed by atoms with Gasteiger partial charge in [-0.3, -0.25) is 19.0 Å². The average Bonchev–Trinajstić information content (AvgIpc) is 3.02. The summed E-state index contributed by atoms with van der Waals surface area (Å²) < 4.78 is 4.96. The summed E-state index contributed by atoms with van der Waals surface area (Å²) in [5.41, 5.74) is 2.95. The molecule has 0 spiro atoms. The van der Waals surface area contributed by atoms with E-state index in [0.717, 1.165) is 23.5 Å². The molecule has 0 fully saturated rings. The number of H-pyrrole nitrogens is 1. The van der Waals surface area contributed by atoms with E-state index in [1.165, 1.54) is 4.57 Å². The molecule has 1 unspecified atom stereocenters. The zero-order chi connectivity index (χ0) is 18.5. The molecular formula is C16H23N7O2. The third-order valence-corrected chi connectivity index (χ3v) is 4.65. The lowest BCUT2D eigenvalue weighted by Crippen LogP contribution is -2.29.